The average Bonchev–Trinajstić information content (AvgIpc) is 2.37. The van der Waals surface area contributed by atoms with Crippen molar-refractivity contribution in [2.45, 2.75) is 17.4 Å². The number of thioether (sulfide) groups is 1. The van der Waals surface area contributed by atoms with Crippen LogP contribution in [0.4, 0.5) is 0 Å². The normalized spacial score (nSPS) is 13.2. The Labute approximate surface area is 135 Å². The maximum atomic E-state index is 12.1. The number of rotatable bonds is 7. The van der Waals surface area contributed by atoms with Crippen molar-refractivity contribution in [3.8, 4) is 0 Å². The van der Waals surface area contributed by atoms with Gasteiger partial charge in [0.05, 0.1) is 9.92 Å². The zero-order valence-corrected chi connectivity index (χ0v) is 14.4. The maximum absolute atomic E-state index is 12.1. The van der Waals surface area contributed by atoms with Crippen LogP contribution in [-0.2, 0) is 14.8 Å². The van der Waals surface area contributed by atoms with Crippen molar-refractivity contribution in [1.82, 2.24) is 4.72 Å². The predicted octanol–water partition coefficient (Wildman–Crippen LogP) is 2.59. The number of halogens is 2. The van der Waals surface area contributed by atoms with Gasteiger partial charge in [0.1, 0.15) is 6.04 Å². The van der Waals surface area contributed by atoms with Crippen LogP contribution in [0.3, 0.4) is 0 Å². The van der Waals surface area contributed by atoms with E-state index in [9.17, 15) is 13.2 Å². The van der Waals surface area contributed by atoms with E-state index >= 15 is 0 Å². The molecule has 112 valence electrons. The molecule has 0 bridgehead atoms. The lowest BCUT2D eigenvalue weighted by atomic mass is 10.2. The van der Waals surface area contributed by atoms with E-state index in [1.807, 2.05) is 6.26 Å². The summed E-state index contributed by atoms with van der Waals surface area (Å²) in [6.45, 7) is 0. The maximum Gasteiger partial charge on any atom is 0.321 e. The van der Waals surface area contributed by atoms with Crippen LogP contribution in [-0.4, -0.2) is 37.5 Å². The molecule has 1 atom stereocenters. The summed E-state index contributed by atoms with van der Waals surface area (Å²) in [4.78, 5) is 11.0. The molecule has 1 aromatic rings. The Morgan fingerprint density at radius 2 is 2.20 bits per heavy atom. The summed E-state index contributed by atoms with van der Waals surface area (Å²) in [7, 11) is -3.90. The van der Waals surface area contributed by atoms with Gasteiger partial charge in [-0.15, -0.1) is 0 Å². The Morgan fingerprint density at radius 3 is 2.70 bits per heavy atom. The Morgan fingerprint density at radius 1 is 1.55 bits per heavy atom. The molecule has 0 aromatic heterocycles. The summed E-state index contributed by atoms with van der Waals surface area (Å²) >= 11 is 10.4. The van der Waals surface area contributed by atoms with Crippen molar-refractivity contribution in [1.29, 1.82) is 0 Å². The number of benzene rings is 1. The third-order valence-electron chi connectivity index (χ3n) is 2.41. The number of carboxylic acid groups (broad SMARTS) is 1. The second-order valence-electron chi connectivity index (χ2n) is 3.87. The minimum atomic E-state index is -3.90. The lowest BCUT2D eigenvalue weighted by Crippen LogP contribution is -2.41. The number of aliphatic carboxylic acids is 1. The second-order valence-corrected chi connectivity index (χ2v) is 7.83. The largest absolute Gasteiger partial charge is 0.480 e. The summed E-state index contributed by atoms with van der Waals surface area (Å²) in [6.07, 6.45) is 2.04. The van der Waals surface area contributed by atoms with Crippen molar-refractivity contribution in [3.63, 3.8) is 0 Å². The monoisotopic (exact) mass is 401 g/mol. The first-order valence-electron chi connectivity index (χ1n) is 5.47. The first-order valence-corrected chi connectivity index (χ1v) is 9.52. The van der Waals surface area contributed by atoms with Crippen LogP contribution in [0.2, 0.25) is 5.02 Å². The first-order chi connectivity index (χ1) is 9.27. The van der Waals surface area contributed by atoms with Crippen molar-refractivity contribution in [2.24, 2.45) is 0 Å². The zero-order chi connectivity index (χ0) is 15.3. The van der Waals surface area contributed by atoms with Gasteiger partial charge in [-0.1, -0.05) is 11.6 Å². The molecule has 1 aromatic carbocycles. The van der Waals surface area contributed by atoms with Gasteiger partial charge in [-0.3, -0.25) is 4.79 Å². The Hall–Kier alpha value is -0.280. The Bertz CT molecular complexity index is 594. The topological polar surface area (TPSA) is 83.5 Å². The molecule has 0 heterocycles. The first kappa shape index (κ1) is 17.8. The molecular formula is C11H13BrClNO4S2. The zero-order valence-electron chi connectivity index (χ0n) is 10.5. The predicted molar refractivity (Wildman–Crippen MR) is 83.9 cm³/mol. The number of carbonyl (C=O) groups is 1. The molecule has 0 amide bonds. The van der Waals surface area contributed by atoms with Crippen LogP contribution in [0.15, 0.2) is 27.6 Å². The third-order valence-corrected chi connectivity index (χ3v) is 5.73. The molecule has 0 saturated carbocycles. The van der Waals surface area contributed by atoms with Gasteiger partial charge in [-0.05, 0) is 52.6 Å². The highest BCUT2D eigenvalue weighted by atomic mass is 79.9. The van der Waals surface area contributed by atoms with Crippen molar-refractivity contribution < 1.29 is 18.3 Å². The molecule has 2 N–H and O–H groups in total. The quantitative estimate of drug-likeness (QED) is 0.732. The summed E-state index contributed by atoms with van der Waals surface area (Å²) < 4.78 is 26.9. The molecule has 0 saturated heterocycles. The van der Waals surface area contributed by atoms with Crippen molar-refractivity contribution in [2.75, 3.05) is 12.0 Å². The number of carboxylic acids is 1. The van der Waals surface area contributed by atoms with Gasteiger partial charge in [-0.2, -0.15) is 16.5 Å². The van der Waals surface area contributed by atoms with Crippen LogP contribution in [0, 0.1) is 0 Å². The van der Waals surface area contributed by atoms with Gasteiger partial charge in [0.25, 0.3) is 0 Å². The lowest BCUT2D eigenvalue weighted by Gasteiger charge is -2.14. The highest BCUT2D eigenvalue weighted by molar-refractivity contribution is 9.10. The SMILES string of the molecule is CSCC[C@@H](NS(=O)(=O)c1ccc(Cl)c(Br)c1)C(=O)O. The van der Waals surface area contributed by atoms with Crippen molar-refractivity contribution >= 4 is 55.3 Å². The van der Waals surface area contributed by atoms with Gasteiger partial charge < -0.3 is 5.11 Å². The number of sulfonamides is 1. The van der Waals surface area contributed by atoms with Gasteiger partial charge in [0.2, 0.25) is 10.0 Å². The standard InChI is InChI=1S/C11H13BrClNO4S2/c1-19-5-4-10(11(15)16)14-20(17,18)7-2-3-9(13)8(12)6-7/h2-3,6,10,14H,4-5H2,1H3,(H,15,16)/t10-/m1/s1. The fourth-order valence-corrected chi connectivity index (χ4v) is 3.74. The number of hydrogen-bond donors (Lipinski definition) is 2. The highest BCUT2D eigenvalue weighted by Gasteiger charge is 2.25. The molecular weight excluding hydrogens is 390 g/mol. The van der Waals surface area contributed by atoms with Crippen LogP contribution in [0.5, 0.6) is 0 Å². The van der Waals surface area contributed by atoms with E-state index in [2.05, 4.69) is 20.7 Å². The molecule has 0 unspecified atom stereocenters. The van der Waals surface area contributed by atoms with E-state index in [0.29, 0.717) is 15.2 Å². The smallest absolute Gasteiger partial charge is 0.321 e. The summed E-state index contributed by atoms with van der Waals surface area (Å²) in [5.74, 6) is -0.653. The van der Waals surface area contributed by atoms with E-state index in [0.717, 1.165) is 0 Å². The molecule has 9 heteroatoms. The fraction of sp³-hybridized carbons (Fsp3) is 0.364. The van der Waals surface area contributed by atoms with Crippen molar-refractivity contribution in [3.05, 3.63) is 27.7 Å². The van der Waals surface area contributed by atoms with E-state index in [-0.39, 0.29) is 11.3 Å². The molecule has 0 aliphatic rings. The summed E-state index contributed by atoms with van der Waals surface area (Å²) in [5, 5.41) is 9.42. The second kappa shape index (κ2) is 7.65. The summed E-state index contributed by atoms with van der Waals surface area (Å²) in [5.41, 5.74) is 0. The van der Waals surface area contributed by atoms with Gasteiger partial charge in [-0.25, -0.2) is 8.42 Å². The van der Waals surface area contributed by atoms with Gasteiger partial charge in [0.15, 0.2) is 0 Å². The van der Waals surface area contributed by atoms with Crippen LogP contribution < -0.4 is 4.72 Å². The minimum Gasteiger partial charge on any atom is -0.480 e. The molecule has 0 radical (unpaired) electrons. The van der Waals surface area contributed by atoms with E-state index in [1.54, 1.807) is 0 Å². The molecule has 1 rings (SSSR count). The summed E-state index contributed by atoms with van der Waals surface area (Å²) in [6, 6.07) is 2.93. The van der Waals surface area contributed by atoms with Gasteiger partial charge in [0, 0.05) is 4.47 Å². The fourth-order valence-electron chi connectivity index (χ4n) is 1.37. The minimum absolute atomic E-state index is 0.0378. The molecule has 0 spiro atoms. The van der Waals surface area contributed by atoms with Crippen LogP contribution in [0.1, 0.15) is 6.42 Å². The molecule has 20 heavy (non-hydrogen) atoms. The van der Waals surface area contributed by atoms with Crippen LogP contribution in [0.25, 0.3) is 0 Å². The van der Waals surface area contributed by atoms with E-state index < -0.39 is 22.0 Å². The highest BCUT2D eigenvalue weighted by Crippen LogP contribution is 2.25. The average molecular weight is 403 g/mol. The molecule has 0 fully saturated rings. The number of hydrogen-bond acceptors (Lipinski definition) is 4. The lowest BCUT2D eigenvalue weighted by molar-refractivity contribution is -0.139. The van der Waals surface area contributed by atoms with E-state index in [4.69, 9.17) is 16.7 Å². The molecule has 0 aliphatic carbocycles. The van der Waals surface area contributed by atoms with E-state index in [1.165, 1.54) is 30.0 Å². The Balaban J connectivity index is 2.97. The number of nitrogens with one attached hydrogen (secondary N) is 1. The third kappa shape index (κ3) is 4.92. The van der Waals surface area contributed by atoms with Crippen LogP contribution >= 0.6 is 39.3 Å². The molecule has 5 nitrogen and oxygen atoms in total. The van der Waals surface area contributed by atoms with Gasteiger partial charge >= 0.3 is 5.97 Å². The molecule has 0 aliphatic heterocycles. The Kier molecular flexibility index (Phi) is 6.80.